The van der Waals surface area contributed by atoms with Crippen molar-refractivity contribution in [2.24, 2.45) is 0 Å². The van der Waals surface area contributed by atoms with Gasteiger partial charge in [-0.05, 0) is 35.6 Å². The second kappa shape index (κ2) is 5.09. The predicted octanol–water partition coefficient (Wildman–Crippen LogP) is 4.01. The van der Waals surface area contributed by atoms with Crippen LogP contribution < -0.4 is 0 Å². The molecule has 1 rings (SSSR count). The van der Waals surface area contributed by atoms with Crippen LogP contribution >= 0.6 is 0 Å². The van der Waals surface area contributed by atoms with E-state index >= 15 is 0 Å². The highest BCUT2D eigenvalue weighted by Crippen LogP contribution is 2.33. The third-order valence-electron chi connectivity index (χ3n) is 3.29. The minimum Gasteiger partial charge on any atom is -0.481 e. The molecule has 0 amide bonds. The second-order valence-electron chi connectivity index (χ2n) is 5.80. The van der Waals surface area contributed by atoms with Gasteiger partial charge in [0.2, 0.25) is 0 Å². The number of hydrogen-bond donors (Lipinski definition) is 1. The summed E-state index contributed by atoms with van der Waals surface area (Å²) >= 11 is 0. The maximum atomic E-state index is 13.8. The van der Waals surface area contributed by atoms with Gasteiger partial charge in [0.25, 0.3) is 0 Å². The molecule has 0 aliphatic rings. The average molecular weight is 252 g/mol. The molecule has 2 nitrogen and oxygen atoms in total. The molecule has 0 aliphatic carbocycles. The molecule has 0 bridgehead atoms. The summed E-state index contributed by atoms with van der Waals surface area (Å²) in [5, 5.41) is 8.96. The van der Waals surface area contributed by atoms with Gasteiger partial charge in [-0.15, -0.1) is 0 Å². The molecule has 0 fully saturated rings. The number of rotatable bonds is 4. The molecule has 0 heterocycles. The number of hydrogen-bond acceptors (Lipinski definition) is 1. The Morgan fingerprint density at radius 2 is 1.94 bits per heavy atom. The lowest BCUT2D eigenvalue weighted by Gasteiger charge is -2.26. The Kier molecular flexibility index (Phi) is 4.15. The zero-order valence-electron chi connectivity index (χ0n) is 11.7. The molecule has 0 unspecified atom stereocenters. The quantitative estimate of drug-likeness (QED) is 0.879. The minimum absolute atomic E-state index is 0.0387. The van der Waals surface area contributed by atoms with E-state index in [1.807, 2.05) is 40.7 Å². The number of carbonyl (C=O) groups is 1. The Labute approximate surface area is 108 Å². The maximum absolute atomic E-state index is 13.8. The van der Waals surface area contributed by atoms with Gasteiger partial charge in [0, 0.05) is 5.41 Å². The third kappa shape index (κ3) is 3.09. The molecule has 0 aromatic heterocycles. The molecule has 1 N–H and O–H groups in total. The zero-order chi connectivity index (χ0) is 14.1. The van der Waals surface area contributed by atoms with Gasteiger partial charge in [-0.3, -0.25) is 4.79 Å². The Bertz CT molecular complexity index is 462. The van der Waals surface area contributed by atoms with E-state index in [-0.39, 0.29) is 18.2 Å². The Balaban J connectivity index is 3.32. The molecule has 1 aromatic carbocycles. The van der Waals surface area contributed by atoms with Crippen LogP contribution in [-0.4, -0.2) is 11.1 Å². The van der Waals surface area contributed by atoms with Gasteiger partial charge < -0.3 is 5.11 Å². The summed E-state index contributed by atoms with van der Waals surface area (Å²) in [5.41, 5.74) is 1.87. The average Bonchev–Trinajstić information content (AvgIpc) is 2.13. The van der Waals surface area contributed by atoms with Gasteiger partial charge in [0.15, 0.2) is 0 Å². The summed E-state index contributed by atoms with van der Waals surface area (Å²) in [7, 11) is 0. The van der Waals surface area contributed by atoms with Crippen molar-refractivity contribution >= 4 is 5.97 Å². The third-order valence-corrected chi connectivity index (χ3v) is 3.29. The monoisotopic (exact) mass is 252 g/mol. The van der Waals surface area contributed by atoms with Crippen molar-refractivity contribution in [2.75, 3.05) is 0 Å². The van der Waals surface area contributed by atoms with Crippen LogP contribution in [0.3, 0.4) is 0 Å². The van der Waals surface area contributed by atoms with Crippen LogP contribution in [0.2, 0.25) is 0 Å². The molecule has 0 saturated heterocycles. The van der Waals surface area contributed by atoms with Gasteiger partial charge in [-0.1, -0.05) is 33.8 Å². The standard InChI is InChI=1S/C15H21FO2/c1-9(2)11-7-12(10(3)6-13(11)16)15(4,5)8-14(17)18/h6-7,9H,8H2,1-5H3,(H,17,18). The molecule has 0 radical (unpaired) electrons. The van der Waals surface area contributed by atoms with Gasteiger partial charge in [0.1, 0.15) is 5.82 Å². The number of carboxylic acids is 1. The first-order chi connectivity index (χ1) is 8.15. The Morgan fingerprint density at radius 3 is 2.39 bits per heavy atom. The number of benzene rings is 1. The summed E-state index contributed by atoms with van der Waals surface area (Å²) in [4.78, 5) is 10.9. The fourth-order valence-corrected chi connectivity index (χ4v) is 2.33. The van der Waals surface area contributed by atoms with Crippen LogP contribution in [0, 0.1) is 12.7 Å². The second-order valence-corrected chi connectivity index (χ2v) is 5.80. The smallest absolute Gasteiger partial charge is 0.304 e. The lowest BCUT2D eigenvalue weighted by Crippen LogP contribution is -2.23. The topological polar surface area (TPSA) is 37.3 Å². The van der Waals surface area contributed by atoms with Crippen molar-refractivity contribution in [3.8, 4) is 0 Å². The highest BCUT2D eigenvalue weighted by atomic mass is 19.1. The highest BCUT2D eigenvalue weighted by molar-refractivity contribution is 5.69. The van der Waals surface area contributed by atoms with Gasteiger partial charge in [-0.2, -0.15) is 0 Å². The first-order valence-corrected chi connectivity index (χ1v) is 6.17. The minimum atomic E-state index is -0.838. The van der Waals surface area contributed by atoms with Crippen molar-refractivity contribution < 1.29 is 14.3 Å². The summed E-state index contributed by atoms with van der Waals surface area (Å²) in [6.07, 6.45) is 0.0387. The van der Waals surface area contributed by atoms with E-state index in [9.17, 15) is 9.18 Å². The molecule has 0 aliphatic heterocycles. The number of aliphatic carboxylic acids is 1. The summed E-state index contributed by atoms with van der Waals surface area (Å²) < 4.78 is 13.8. The molecule has 0 spiro atoms. The van der Waals surface area contributed by atoms with Crippen molar-refractivity contribution in [3.63, 3.8) is 0 Å². The lowest BCUT2D eigenvalue weighted by molar-refractivity contribution is -0.138. The lowest BCUT2D eigenvalue weighted by atomic mass is 9.78. The highest BCUT2D eigenvalue weighted by Gasteiger charge is 2.27. The van der Waals surface area contributed by atoms with Crippen LogP contribution in [0.5, 0.6) is 0 Å². The fraction of sp³-hybridized carbons (Fsp3) is 0.533. The van der Waals surface area contributed by atoms with Crippen molar-refractivity contribution in [1.82, 2.24) is 0 Å². The normalized spacial score (nSPS) is 11.9. The molecular formula is C15H21FO2. The van der Waals surface area contributed by atoms with Gasteiger partial charge in [0.05, 0.1) is 6.42 Å². The van der Waals surface area contributed by atoms with E-state index in [1.54, 1.807) is 0 Å². The van der Waals surface area contributed by atoms with Gasteiger partial charge in [-0.25, -0.2) is 4.39 Å². The van der Waals surface area contributed by atoms with E-state index < -0.39 is 11.4 Å². The Hall–Kier alpha value is -1.38. The fourth-order valence-electron chi connectivity index (χ4n) is 2.33. The maximum Gasteiger partial charge on any atom is 0.304 e. The molecule has 100 valence electrons. The van der Waals surface area contributed by atoms with E-state index in [1.165, 1.54) is 6.07 Å². The summed E-state index contributed by atoms with van der Waals surface area (Å²) in [6, 6.07) is 3.33. The van der Waals surface area contributed by atoms with Gasteiger partial charge >= 0.3 is 5.97 Å². The molecule has 0 atom stereocenters. The van der Waals surface area contributed by atoms with Crippen LogP contribution in [0.4, 0.5) is 4.39 Å². The van der Waals surface area contributed by atoms with Crippen molar-refractivity contribution in [2.45, 2.75) is 52.4 Å². The van der Waals surface area contributed by atoms with Crippen molar-refractivity contribution in [1.29, 1.82) is 0 Å². The molecule has 1 aromatic rings. The summed E-state index contributed by atoms with van der Waals surface area (Å²) in [5.74, 6) is -0.961. The number of carboxylic acid groups (broad SMARTS) is 1. The van der Waals surface area contributed by atoms with E-state index in [2.05, 4.69) is 0 Å². The van der Waals surface area contributed by atoms with Crippen LogP contribution in [0.1, 0.15) is 56.7 Å². The van der Waals surface area contributed by atoms with Crippen molar-refractivity contribution in [3.05, 3.63) is 34.6 Å². The molecule has 18 heavy (non-hydrogen) atoms. The SMILES string of the molecule is Cc1cc(F)c(C(C)C)cc1C(C)(C)CC(=O)O. The zero-order valence-corrected chi connectivity index (χ0v) is 11.7. The number of aryl methyl sites for hydroxylation is 1. The first kappa shape index (κ1) is 14.7. The molecule has 0 saturated carbocycles. The Morgan fingerprint density at radius 1 is 1.39 bits per heavy atom. The molecule has 3 heteroatoms. The van der Waals surface area contributed by atoms with Crippen LogP contribution in [0.15, 0.2) is 12.1 Å². The predicted molar refractivity (Wildman–Crippen MR) is 70.5 cm³/mol. The van der Waals surface area contributed by atoms with Crippen LogP contribution in [-0.2, 0) is 10.2 Å². The first-order valence-electron chi connectivity index (χ1n) is 6.17. The molecular weight excluding hydrogens is 231 g/mol. The largest absolute Gasteiger partial charge is 0.481 e. The summed E-state index contributed by atoms with van der Waals surface area (Å²) in [6.45, 7) is 9.45. The van der Waals surface area contributed by atoms with E-state index in [0.29, 0.717) is 5.56 Å². The van der Waals surface area contributed by atoms with Crippen LogP contribution in [0.25, 0.3) is 0 Å². The van der Waals surface area contributed by atoms with E-state index in [4.69, 9.17) is 5.11 Å². The van der Waals surface area contributed by atoms with E-state index in [0.717, 1.165) is 11.1 Å². The number of halogens is 1.